The van der Waals surface area contributed by atoms with Gasteiger partial charge in [-0.2, -0.15) is 0 Å². The molecule has 1 unspecified atom stereocenters. The molecule has 1 atom stereocenters. The lowest BCUT2D eigenvalue weighted by Gasteiger charge is -2.07. The predicted molar refractivity (Wildman–Crippen MR) is 62.6 cm³/mol. The van der Waals surface area contributed by atoms with Crippen LogP contribution in [0.5, 0.6) is 5.75 Å². The van der Waals surface area contributed by atoms with Crippen LogP contribution in [0.1, 0.15) is 17.2 Å². The van der Waals surface area contributed by atoms with Gasteiger partial charge < -0.3 is 10.5 Å². The molecular formula is C12H14N4O. The van der Waals surface area contributed by atoms with E-state index in [4.69, 9.17) is 10.5 Å². The normalized spacial score (nSPS) is 17.8. The highest BCUT2D eigenvalue weighted by Gasteiger charge is 2.24. The minimum absolute atomic E-state index is 0.346. The molecule has 3 rings (SSSR count). The summed E-state index contributed by atoms with van der Waals surface area (Å²) in [6, 6.07) is 8.13. The fourth-order valence-corrected chi connectivity index (χ4v) is 2.13. The number of nitrogens with zero attached hydrogens (tertiary/aromatic N) is 3. The van der Waals surface area contributed by atoms with E-state index in [-0.39, 0.29) is 0 Å². The Hall–Kier alpha value is -1.88. The lowest BCUT2D eigenvalue weighted by Crippen LogP contribution is -2.11. The van der Waals surface area contributed by atoms with Crippen LogP contribution in [0, 0.1) is 0 Å². The Balaban J connectivity index is 1.79. The van der Waals surface area contributed by atoms with Gasteiger partial charge in [0.25, 0.3) is 0 Å². The van der Waals surface area contributed by atoms with Crippen molar-refractivity contribution in [1.82, 2.24) is 15.0 Å². The number of para-hydroxylation sites is 1. The Morgan fingerprint density at radius 3 is 3.12 bits per heavy atom. The summed E-state index contributed by atoms with van der Waals surface area (Å²) in [4.78, 5) is 0. The van der Waals surface area contributed by atoms with Crippen LogP contribution in [0.25, 0.3) is 0 Å². The number of nitrogens with two attached hydrogens (primary N) is 1. The summed E-state index contributed by atoms with van der Waals surface area (Å²) >= 11 is 0. The van der Waals surface area contributed by atoms with Crippen LogP contribution < -0.4 is 10.5 Å². The molecular weight excluding hydrogens is 216 g/mol. The van der Waals surface area contributed by atoms with E-state index in [9.17, 15) is 0 Å². The average molecular weight is 230 g/mol. The van der Waals surface area contributed by atoms with Crippen molar-refractivity contribution in [3.8, 4) is 5.75 Å². The lowest BCUT2D eigenvalue weighted by molar-refractivity contribution is 0.314. The Morgan fingerprint density at radius 2 is 2.29 bits per heavy atom. The van der Waals surface area contributed by atoms with Crippen LogP contribution in [0.3, 0.4) is 0 Å². The van der Waals surface area contributed by atoms with Gasteiger partial charge in [-0.1, -0.05) is 23.4 Å². The summed E-state index contributed by atoms with van der Waals surface area (Å²) in [6.07, 6.45) is 1.89. The quantitative estimate of drug-likeness (QED) is 0.851. The van der Waals surface area contributed by atoms with Crippen molar-refractivity contribution in [1.29, 1.82) is 0 Å². The van der Waals surface area contributed by atoms with Crippen molar-refractivity contribution in [2.45, 2.75) is 19.0 Å². The Labute approximate surface area is 99.2 Å². The number of hydrogen-bond acceptors (Lipinski definition) is 4. The third-order valence-corrected chi connectivity index (χ3v) is 3.00. The molecule has 1 aromatic carbocycles. The van der Waals surface area contributed by atoms with Crippen molar-refractivity contribution in [3.05, 3.63) is 41.7 Å². The minimum Gasteiger partial charge on any atom is -0.493 e. The summed E-state index contributed by atoms with van der Waals surface area (Å²) in [6.45, 7) is 1.92. The maximum absolute atomic E-state index is 5.63. The summed E-state index contributed by atoms with van der Waals surface area (Å²) in [5, 5.41) is 8.03. The first-order valence-electron chi connectivity index (χ1n) is 5.67. The second-order valence-electron chi connectivity index (χ2n) is 4.18. The van der Waals surface area contributed by atoms with Crippen LogP contribution in [0.2, 0.25) is 0 Å². The van der Waals surface area contributed by atoms with Crippen LogP contribution in [0.15, 0.2) is 30.5 Å². The smallest absolute Gasteiger partial charge is 0.122 e. The summed E-state index contributed by atoms with van der Waals surface area (Å²) in [7, 11) is 0. The monoisotopic (exact) mass is 230 g/mol. The highest BCUT2D eigenvalue weighted by Crippen LogP contribution is 2.34. The average Bonchev–Trinajstić information content (AvgIpc) is 2.97. The molecule has 0 radical (unpaired) electrons. The molecule has 17 heavy (non-hydrogen) atoms. The van der Waals surface area contributed by atoms with Gasteiger partial charge in [-0.15, -0.1) is 5.10 Å². The molecule has 2 heterocycles. The molecule has 1 aromatic heterocycles. The van der Waals surface area contributed by atoms with Gasteiger partial charge in [0.2, 0.25) is 0 Å². The van der Waals surface area contributed by atoms with Gasteiger partial charge >= 0.3 is 0 Å². The Kier molecular flexibility index (Phi) is 2.53. The highest BCUT2D eigenvalue weighted by atomic mass is 16.5. The molecule has 2 N–H and O–H groups in total. The van der Waals surface area contributed by atoms with E-state index < -0.39 is 0 Å². The SMILES string of the molecule is NCc1cn(CC2COc3ccccc32)nn1. The molecule has 1 aliphatic heterocycles. The van der Waals surface area contributed by atoms with Crippen LogP contribution in [0.4, 0.5) is 0 Å². The molecule has 1 aliphatic rings. The molecule has 2 aromatic rings. The number of rotatable bonds is 3. The third kappa shape index (κ3) is 1.89. The number of fused-ring (bicyclic) bond motifs is 1. The predicted octanol–water partition coefficient (Wildman–Crippen LogP) is 0.913. The Morgan fingerprint density at radius 1 is 1.41 bits per heavy atom. The van der Waals surface area contributed by atoms with Crippen LogP contribution >= 0.6 is 0 Å². The van der Waals surface area contributed by atoms with Crippen molar-refractivity contribution in [3.63, 3.8) is 0 Å². The molecule has 5 nitrogen and oxygen atoms in total. The maximum atomic E-state index is 5.63. The van der Waals surface area contributed by atoms with E-state index in [1.807, 2.05) is 29.1 Å². The van der Waals surface area contributed by atoms with E-state index in [1.54, 1.807) is 0 Å². The Bertz CT molecular complexity index is 523. The second kappa shape index (κ2) is 4.18. The van der Waals surface area contributed by atoms with Crippen molar-refractivity contribution < 1.29 is 4.74 Å². The van der Waals surface area contributed by atoms with Crippen LogP contribution in [-0.2, 0) is 13.1 Å². The van der Waals surface area contributed by atoms with Crippen LogP contribution in [-0.4, -0.2) is 21.6 Å². The standard InChI is InChI=1S/C12H14N4O/c13-5-10-7-16(15-14-10)6-9-8-17-12-4-2-1-3-11(9)12/h1-4,7,9H,5-6,8,13H2. The first kappa shape index (κ1) is 10.3. The van der Waals surface area contributed by atoms with Gasteiger partial charge in [0.1, 0.15) is 5.75 Å². The molecule has 0 fully saturated rings. The number of hydrogen-bond donors (Lipinski definition) is 1. The molecule has 0 aliphatic carbocycles. The number of benzene rings is 1. The molecule has 0 saturated carbocycles. The molecule has 0 amide bonds. The second-order valence-corrected chi connectivity index (χ2v) is 4.18. The first-order chi connectivity index (χ1) is 8.36. The fourth-order valence-electron chi connectivity index (χ4n) is 2.13. The number of aromatic nitrogens is 3. The van der Waals surface area contributed by atoms with Gasteiger partial charge in [0.05, 0.1) is 18.8 Å². The van der Waals surface area contributed by atoms with Crippen molar-refractivity contribution >= 4 is 0 Å². The summed E-state index contributed by atoms with van der Waals surface area (Å²) < 4.78 is 7.46. The number of ether oxygens (including phenoxy) is 1. The highest BCUT2D eigenvalue weighted by molar-refractivity contribution is 5.39. The molecule has 0 saturated heterocycles. The van der Waals surface area contributed by atoms with E-state index >= 15 is 0 Å². The van der Waals surface area contributed by atoms with E-state index in [1.165, 1.54) is 5.56 Å². The minimum atomic E-state index is 0.346. The topological polar surface area (TPSA) is 66.0 Å². The van der Waals surface area contributed by atoms with Gasteiger partial charge in [0, 0.05) is 24.2 Å². The van der Waals surface area contributed by atoms with Crippen molar-refractivity contribution in [2.75, 3.05) is 6.61 Å². The van der Waals surface area contributed by atoms with Gasteiger partial charge in [0.15, 0.2) is 0 Å². The largest absolute Gasteiger partial charge is 0.493 e. The van der Waals surface area contributed by atoms with E-state index in [2.05, 4.69) is 16.4 Å². The molecule has 88 valence electrons. The van der Waals surface area contributed by atoms with E-state index in [0.717, 1.165) is 18.0 Å². The zero-order chi connectivity index (χ0) is 11.7. The van der Waals surface area contributed by atoms with Crippen molar-refractivity contribution in [2.24, 2.45) is 5.73 Å². The van der Waals surface area contributed by atoms with Gasteiger partial charge in [-0.3, -0.25) is 4.68 Å². The lowest BCUT2D eigenvalue weighted by atomic mass is 10.0. The maximum Gasteiger partial charge on any atom is 0.122 e. The fraction of sp³-hybridized carbons (Fsp3) is 0.333. The zero-order valence-corrected chi connectivity index (χ0v) is 9.41. The zero-order valence-electron chi connectivity index (χ0n) is 9.41. The van der Waals surface area contributed by atoms with Gasteiger partial charge in [-0.05, 0) is 6.07 Å². The molecule has 0 spiro atoms. The summed E-state index contributed by atoms with van der Waals surface area (Å²) in [5.74, 6) is 1.33. The van der Waals surface area contributed by atoms with E-state index in [0.29, 0.717) is 19.1 Å². The first-order valence-corrected chi connectivity index (χ1v) is 5.67. The molecule has 0 bridgehead atoms. The molecule has 5 heteroatoms. The summed E-state index contributed by atoms with van der Waals surface area (Å²) in [5.41, 5.74) is 7.57. The van der Waals surface area contributed by atoms with Gasteiger partial charge in [-0.25, -0.2) is 0 Å². The third-order valence-electron chi connectivity index (χ3n) is 3.00.